The van der Waals surface area contributed by atoms with Crippen LogP contribution in [0.5, 0.6) is 0 Å². The molecule has 0 N–H and O–H groups in total. The number of ether oxygens (including phenoxy) is 1. The lowest BCUT2D eigenvalue weighted by Gasteiger charge is -2.00. The second-order valence-corrected chi connectivity index (χ2v) is 3.66. The van der Waals surface area contributed by atoms with E-state index in [-0.39, 0.29) is 17.8 Å². The standard InChI is InChI=1S/C11H12N2O3/c1-2-16-11(15)9-5-8(9)10-12-4-3-7(6-14)13-10/h3-4,6,8-9H,2,5H2,1H3/t8-,9-/m0/s1. The highest BCUT2D eigenvalue weighted by atomic mass is 16.5. The molecule has 0 radical (unpaired) electrons. The number of hydrogen-bond acceptors (Lipinski definition) is 5. The Morgan fingerprint density at radius 2 is 2.50 bits per heavy atom. The molecule has 1 aromatic rings. The van der Waals surface area contributed by atoms with Crippen molar-refractivity contribution in [1.82, 2.24) is 9.97 Å². The second-order valence-electron chi connectivity index (χ2n) is 3.66. The van der Waals surface area contributed by atoms with E-state index < -0.39 is 0 Å². The molecule has 0 aromatic carbocycles. The van der Waals surface area contributed by atoms with Gasteiger partial charge < -0.3 is 4.74 Å². The van der Waals surface area contributed by atoms with E-state index in [1.807, 2.05) is 0 Å². The predicted octanol–water partition coefficient (Wildman–Crippen LogP) is 0.956. The van der Waals surface area contributed by atoms with Crippen LogP contribution in [0.25, 0.3) is 0 Å². The van der Waals surface area contributed by atoms with Gasteiger partial charge in [-0.25, -0.2) is 9.97 Å². The van der Waals surface area contributed by atoms with Crippen LogP contribution in [-0.4, -0.2) is 28.8 Å². The highest BCUT2D eigenvalue weighted by molar-refractivity contribution is 5.77. The van der Waals surface area contributed by atoms with E-state index in [4.69, 9.17) is 4.74 Å². The first-order valence-electron chi connectivity index (χ1n) is 5.21. The van der Waals surface area contributed by atoms with E-state index in [9.17, 15) is 9.59 Å². The van der Waals surface area contributed by atoms with Crippen LogP contribution >= 0.6 is 0 Å². The molecular formula is C11H12N2O3. The molecule has 16 heavy (non-hydrogen) atoms. The number of rotatable bonds is 4. The molecule has 0 amide bonds. The number of esters is 1. The zero-order valence-electron chi connectivity index (χ0n) is 8.92. The fraction of sp³-hybridized carbons (Fsp3) is 0.455. The molecule has 0 saturated heterocycles. The van der Waals surface area contributed by atoms with Gasteiger partial charge in [0.1, 0.15) is 11.5 Å². The summed E-state index contributed by atoms with van der Waals surface area (Å²) in [6, 6.07) is 1.54. The van der Waals surface area contributed by atoms with Crippen molar-refractivity contribution in [2.24, 2.45) is 5.92 Å². The number of hydrogen-bond donors (Lipinski definition) is 0. The molecular weight excluding hydrogens is 208 g/mol. The summed E-state index contributed by atoms with van der Waals surface area (Å²) in [7, 11) is 0. The van der Waals surface area contributed by atoms with Gasteiger partial charge in [0.2, 0.25) is 0 Å². The van der Waals surface area contributed by atoms with Gasteiger partial charge in [0.15, 0.2) is 6.29 Å². The van der Waals surface area contributed by atoms with Gasteiger partial charge in [0.25, 0.3) is 0 Å². The van der Waals surface area contributed by atoms with Crippen molar-refractivity contribution in [3.05, 3.63) is 23.8 Å². The molecule has 0 bridgehead atoms. The van der Waals surface area contributed by atoms with Crippen LogP contribution in [0.3, 0.4) is 0 Å². The summed E-state index contributed by atoms with van der Waals surface area (Å²) in [5.74, 6) is 0.232. The molecule has 1 saturated carbocycles. The molecule has 0 spiro atoms. The summed E-state index contributed by atoms with van der Waals surface area (Å²) in [5, 5.41) is 0. The van der Waals surface area contributed by atoms with Gasteiger partial charge in [0.05, 0.1) is 12.5 Å². The first-order chi connectivity index (χ1) is 7.76. The second kappa shape index (κ2) is 4.38. The van der Waals surface area contributed by atoms with E-state index >= 15 is 0 Å². The first kappa shape index (κ1) is 10.7. The van der Waals surface area contributed by atoms with Gasteiger partial charge in [0, 0.05) is 12.1 Å². The molecule has 2 rings (SSSR count). The van der Waals surface area contributed by atoms with Gasteiger partial charge in [-0.1, -0.05) is 0 Å². The fourth-order valence-electron chi connectivity index (χ4n) is 1.62. The van der Waals surface area contributed by atoms with E-state index in [2.05, 4.69) is 9.97 Å². The van der Waals surface area contributed by atoms with Crippen molar-refractivity contribution < 1.29 is 14.3 Å². The Balaban J connectivity index is 2.05. The van der Waals surface area contributed by atoms with Crippen LogP contribution in [0, 0.1) is 5.92 Å². The van der Waals surface area contributed by atoms with Crippen LogP contribution in [-0.2, 0) is 9.53 Å². The molecule has 1 aliphatic carbocycles. The molecule has 1 fully saturated rings. The molecule has 5 heteroatoms. The maximum atomic E-state index is 11.4. The minimum absolute atomic E-state index is 0.0129. The Bertz CT molecular complexity index is 419. The highest BCUT2D eigenvalue weighted by Gasteiger charge is 2.47. The lowest BCUT2D eigenvalue weighted by molar-refractivity contribution is -0.144. The molecule has 84 valence electrons. The van der Waals surface area contributed by atoms with E-state index in [1.165, 1.54) is 12.3 Å². The molecule has 1 heterocycles. The Labute approximate surface area is 92.9 Å². The minimum Gasteiger partial charge on any atom is -0.466 e. The number of carbonyl (C=O) groups is 2. The maximum Gasteiger partial charge on any atom is 0.309 e. The Morgan fingerprint density at radius 3 is 3.19 bits per heavy atom. The Kier molecular flexibility index (Phi) is 2.94. The third kappa shape index (κ3) is 2.08. The summed E-state index contributed by atoms with van der Waals surface area (Å²) in [6.45, 7) is 2.16. The fourth-order valence-corrected chi connectivity index (χ4v) is 1.62. The van der Waals surface area contributed by atoms with Gasteiger partial charge in [-0.05, 0) is 19.4 Å². The third-order valence-electron chi connectivity index (χ3n) is 2.53. The summed E-state index contributed by atoms with van der Waals surface area (Å²) in [4.78, 5) is 30.1. The van der Waals surface area contributed by atoms with E-state index in [0.29, 0.717) is 30.8 Å². The van der Waals surface area contributed by atoms with Crippen LogP contribution in [0.2, 0.25) is 0 Å². The maximum absolute atomic E-state index is 11.4. The molecule has 0 aliphatic heterocycles. The largest absolute Gasteiger partial charge is 0.466 e. The SMILES string of the molecule is CCOC(=O)[C@H]1C[C@@H]1c1nccc(C=O)n1. The summed E-state index contributed by atoms with van der Waals surface area (Å²) < 4.78 is 4.91. The van der Waals surface area contributed by atoms with Crippen molar-refractivity contribution in [2.45, 2.75) is 19.3 Å². The first-order valence-corrected chi connectivity index (χ1v) is 5.21. The topological polar surface area (TPSA) is 69.2 Å². The quantitative estimate of drug-likeness (QED) is 0.558. The van der Waals surface area contributed by atoms with Gasteiger partial charge >= 0.3 is 5.97 Å². The number of carbonyl (C=O) groups excluding carboxylic acids is 2. The molecule has 2 atom stereocenters. The van der Waals surface area contributed by atoms with E-state index in [0.717, 1.165) is 0 Å². The highest BCUT2D eigenvalue weighted by Crippen LogP contribution is 2.46. The summed E-state index contributed by atoms with van der Waals surface area (Å²) >= 11 is 0. The molecule has 1 aliphatic rings. The van der Waals surface area contributed by atoms with E-state index in [1.54, 1.807) is 6.92 Å². The monoisotopic (exact) mass is 220 g/mol. The normalized spacial score (nSPS) is 22.6. The van der Waals surface area contributed by atoms with Gasteiger partial charge in [-0.15, -0.1) is 0 Å². The molecule has 0 unspecified atom stereocenters. The minimum atomic E-state index is -0.201. The Morgan fingerprint density at radius 1 is 1.69 bits per heavy atom. The average molecular weight is 220 g/mol. The van der Waals surface area contributed by atoms with Crippen LogP contribution < -0.4 is 0 Å². The summed E-state index contributed by atoms with van der Waals surface area (Å²) in [6.07, 6.45) is 2.92. The third-order valence-corrected chi connectivity index (χ3v) is 2.53. The molecule has 5 nitrogen and oxygen atoms in total. The number of aromatic nitrogens is 2. The average Bonchev–Trinajstić information content (AvgIpc) is 3.09. The Hall–Kier alpha value is -1.78. The van der Waals surface area contributed by atoms with Crippen molar-refractivity contribution in [3.8, 4) is 0 Å². The zero-order valence-corrected chi connectivity index (χ0v) is 8.92. The van der Waals surface area contributed by atoms with Crippen LogP contribution in [0.1, 0.15) is 35.6 Å². The van der Waals surface area contributed by atoms with Crippen molar-refractivity contribution in [2.75, 3.05) is 6.61 Å². The predicted molar refractivity (Wildman–Crippen MR) is 54.9 cm³/mol. The number of aldehydes is 1. The van der Waals surface area contributed by atoms with Crippen molar-refractivity contribution >= 4 is 12.3 Å². The lowest BCUT2D eigenvalue weighted by atomic mass is 10.3. The smallest absolute Gasteiger partial charge is 0.309 e. The van der Waals surface area contributed by atoms with Gasteiger partial charge in [-0.3, -0.25) is 9.59 Å². The van der Waals surface area contributed by atoms with Crippen molar-refractivity contribution in [3.63, 3.8) is 0 Å². The van der Waals surface area contributed by atoms with Crippen molar-refractivity contribution in [1.29, 1.82) is 0 Å². The lowest BCUT2D eigenvalue weighted by Crippen LogP contribution is -2.08. The van der Waals surface area contributed by atoms with Crippen LogP contribution in [0.15, 0.2) is 12.3 Å². The van der Waals surface area contributed by atoms with Gasteiger partial charge in [-0.2, -0.15) is 0 Å². The number of nitrogens with zero attached hydrogens (tertiary/aromatic N) is 2. The molecule has 1 aromatic heterocycles. The van der Waals surface area contributed by atoms with Crippen LogP contribution in [0.4, 0.5) is 0 Å². The zero-order chi connectivity index (χ0) is 11.5. The summed E-state index contributed by atoms with van der Waals surface area (Å²) in [5.41, 5.74) is 0.347.